The maximum absolute atomic E-state index is 12.3. The highest BCUT2D eigenvalue weighted by Gasteiger charge is 2.17. The molecule has 0 radical (unpaired) electrons. The Kier molecular flexibility index (Phi) is 7.04. The molecule has 0 aromatic heterocycles. The maximum Gasteiger partial charge on any atom is 0.271 e. The third-order valence-electron chi connectivity index (χ3n) is 4.46. The molecule has 0 saturated heterocycles. The van der Waals surface area contributed by atoms with E-state index in [1.165, 1.54) is 16.8 Å². The molecule has 1 amide bonds. The van der Waals surface area contributed by atoms with Crippen LogP contribution in [0.1, 0.15) is 21.5 Å². The van der Waals surface area contributed by atoms with E-state index in [0.717, 1.165) is 11.1 Å². The zero-order valence-electron chi connectivity index (χ0n) is 17.2. The topological polar surface area (TPSA) is 88.1 Å². The number of para-hydroxylation sites is 1. The first-order chi connectivity index (χ1) is 14.9. The molecule has 160 valence electrons. The van der Waals surface area contributed by atoms with Crippen molar-refractivity contribution in [2.45, 2.75) is 6.54 Å². The maximum atomic E-state index is 12.3. The molecule has 31 heavy (non-hydrogen) atoms. The third-order valence-corrected chi connectivity index (χ3v) is 5.60. The molecule has 3 aromatic rings. The fourth-order valence-corrected chi connectivity index (χ4v) is 3.76. The van der Waals surface area contributed by atoms with E-state index in [0.29, 0.717) is 17.0 Å². The zero-order chi connectivity index (χ0) is 22.3. The number of nitrogens with one attached hydrogen (secondary N) is 1. The normalized spacial score (nSPS) is 11.3. The quantitative estimate of drug-likeness (QED) is 0.432. The van der Waals surface area contributed by atoms with Crippen LogP contribution in [0.2, 0.25) is 0 Å². The highest BCUT2D eigenvalue weighted by Crippen LogP contribution is 2.20. The Morgan fingerprint density at radius 1 is 1.03 bits per heavy atom. The summed E-state index contributed by atoms with van der Waals surface area (Å²) in [5, 5.41) is 3.97. The predicted octanol–water partition coefficient (Wildman–Crippen LogP) is 3.43. The van der Waals surface area contributed by atoms with E-state index in [1.807, 2.05) is 24.3 Å². The molecule has 7 nitrogen and oxygen atoms in total. The molecule has 0 unspecified atom stereocenters. The standard InChI is InChI=1S/C23H23N3O4S/c1-30-22-10-6-7-19(15-22)16-24-25-23(27)20-13-11-18(12-14-20)17-26(31(2,28)29)21-8-4-3-5-9-21/h3-16H,17H2,1-2H3,(H,25,27)/b24-16-. The van der Waals surface area contributed by atoms with Gasteiger partial charge >= 0.3 is 0 Å². The second-order valence-electron chi connectivity index (χ2n) is 6.78. The molecule has 1 N–H and O–H groups in total. The highest BCUT2D eigenvalue weighted by molar-refractivity contribution is 7.92. The fraction of sp³-hybridized carbons (Fsp3) is 0.130. The van der Waals surface area contributed by atoms with Gasteiger partial charge in [0.05, 0.1) is 31.8 Å². The largest absolute Gasteiger partial charge is 0.497 e. The van der Waals surface area contributed by atoms with E-state index >= 15 is 0 Å². The van der Waals surface area contributed by atoms with Crippen molar-refractivity contribution in [3.63, 3.8) is 0 Å². The Morgan fingerprint density at radius 3 is 2.39 bits per heavy atom. The summed E-state index contributed by atoms with van der Waals surface area (Å²) in [4.78, 5) is 12.3. The summed E-state index contributed by atoms with van der Waals surface area (Å²) < 4.78 is 30.9. The van der Waals surface area contributed by atoms with Crippen molar-refractivity contribution in [3.05, 3.63) is 95.6 Å². The number of sulfonamides is 1. The summed E-state index contributed by atoms with van der Waals surface area (Å²) in [7, 11) is -1.88. The molecule has 8 heteroatoms. The monoisotopic (exact) mass is 437 g/mol. The molecule has 0 aliphatic carbocycles. The number of benzene rings is 3. The van der Waals surface area contributed by atoms with Crippen molar-refractivity contribution in [2.75, 3.05) is 17.7 Å². The highest BCUT2D eigenvalue weighted by atomic mass is 32.2. The van der Waals surface area contributed by atoms with Crippen molar-refractivity contribution >= 4 is 27.8 Å². The van der Waals surface area contributed by atoms with E-state index in [9.17, 15) is 13.2 Å². The number of carbonyl (C=O) groups excluding carboxylic acids is 1. The smallest absolute Gasteiger partial charge is 0.271 e. The molecule has 0 saturated carbocycles. The second-order valence-corrected chi connectivity index (χ2v) is 8.68. The lowest BCUT2D eigenvalue weighted by Crippen LogP contribution is -2.29. The molecule has 0 aliphatic heterocycles. The minimum absolute atomic E-state index is 0.165. The molecular weight excluding hydrogens is 414 g/mol. The summed E-state index contributed by atoms with van der Waals surface area (Å²) in [5.74, 6) is 0.332. The fourth-order valence-electron chi connectivity index (χ4n) is 2.87. The van der Waals surface area contributed by atoms with Gasteiger partial charge in [-0.3, -0.25) is 9.10 Å². The lowest BCUT2D eigenvalue weighted by Gasteiger charge is -2.22. The van der Waals surface area contributed by atoms with Gasteiger partial charge in [-0.25, -0.2) is 13.8 Å². The van der Waals surface area contributed by atoms with Crippen molar-refractivity contribution < 1.29 is 17.9 Å². The van der Waals surface area contributed by atoms with Crippen molar-refractivity contribution in [1.29, 1.82) is 0 Å². The first kappa shape index (κ1) is 22.0. The van der Waals surface area contributed by atoms with E-state index < -0.39 is 10.0 Å². The van der Waals surface area contributed by atoms with Crippen LogP contribution in [-0.4, -0.2) is 33.9 Å². The number of hydrogen-bond donors (Lipinski definition) is 1. The Morgan fingerprint density at radius 2 is 1.74 bits per heavy atom. The number of carbonyl (C=O) groups is 1. The molecule has 0 fully saturated rings. The Hall–Kier alpha value is -3.65. The number of anilines is 1. The number of hydrogen-bond acceptors (Lipinski definition) is 5. The molecule has 0 heterocycles. The second kappa shape index (κ2) is 9.90. The third kappa shape index (κ3) is 6.16. The molecule has 3 rings (SSSR count). The van der Waals surface area contributed by atoms with Crippen LogP contribution in [0.5, 0.6) is 5.75 Å². The van der Waals surface area contributed by atoms with E-state index in [2.05, 4.69) is 10.5 Å². The first-order valence-electron chi connectivity index (χ1n) is 9.46. The van der Waals surface area contributed by atoms with Gasteiger partial charge < -0.3 is 4.74 Å². The number of amides is 1. The van der Waals surface area contributed by atoms with Gasteiger partial charge in [0, 0.05) is 5.56 Å². The summed E-state index contributed by atoms with van der Waals surface area (Å²) in [6.07, 6.45) is 2.70. The molecular formula is C23H23N3O4S. The minimum atomic E-state index is -3.46. The Balaban J connectivity index is 1.66. The number of ether oxygens (including phenoxy) is 1. The Bertz CT molecular complexity index is 1160. The van der Waals surface area contributed by atoms with Crippen LogP contribution in [0, 0.1) is 0 Å². The summed E-state index contributed by atoms with van der Waals surface area (Å²) >= 11 is 0. The van der Waals surface area contributed by atoms with Crippen molar-refractivity contribution in [2.24, 2.45) is 5.10 Å². The molecule has 3 aromatic carbocycles. The lowest BCUT2D eigenvalue weighted by atomic mass is 10.1. The lowest BCUT2D eigenvalue weighted by molar-refractivity contribution is 0.0955. The SMILES string of the molecule is COc1cccc(/C=N\NC(=O)c2ccc(CN(c3ccccc3)S(C)(=O)=O)cc2)c1. The van der Waals surface area contributed by atoms with Crippen molar-refractivity contribution in [3.8, 4) is 5.75 Å². The van der Waals surface area contributed by atoms with Gasteiger partial charge in [-0.15, -0.1) is 0 Å². The van der Waals surface area contributed by atoms with Crippen LogP contribution < -0.4 is 14.5 Å². The molecule has 0 bridgehead atoms. The van der Waals surface area contributed by atoms with E-state index in [-0.39, 0.29) is 12.5 Å². The molecule has 0 spiro atoms. The van der Waals surface area contributed by atoms with E-state index in [4.69, 9.17) is 4.74 Å². The summed E-state index contributed by atoms with van der Waals surface area (Å²) in [6, 6.07) is 22.9. The van der Waals surface area contributed by atoms with Crippen molar-refractivity contribution in [1.82, 2.24) is 5.43 Å². The predicted molar refractivity (Wildman–Crippen MR) is 122 cm³/mol. The number of methoxy groups -OCH3 is 1. The van der Waals surface area contributed by atoms with Crippen LogP contribution in [0.3, 0.4) is 0 Å². The summed E-state index contributed by atoms with van der Waals surface area (Å²) in [6.45, 7) is 0.165. The van der Waals surface area contributed by atoms with Gasteiger partial charge in [0.2, 0.25) is 10.0 Å². The van der Waals surface area contributed by atoms with Gasteiger partial charge in [0.25, 0.3) is 5.91 Å². The van der Waals surface area contributed by atoms with Gasteiger partial charge in [0.15, 0.2) is 0 Å². The van der Waals surface area contributed by atoms with Gasteiger partial charge in [-0.1, -0.05) is 42.5 Å². The van der Waals surface area contributed by atoms with Gasteiger partial charge in [-0.05, 0) is 47.5 Å². The van der Waals surface area contributed by atoms with Gasteiger partial charge in [0.1, 0.15) is 5.75 Å². The number of nitrogens with zero attached hydrogens (tertiary/aromatic N) is 2. The molecule has 0 atom stereocenters. The zero-order valence-corrected chi connectivity index (χ0v) is 18.0. The summed E-state index contributed by atoms with van der Waals surface area (Å²) in [5.41, 5.74) is 5.02. The van der Waals surface area contributed by atoms with Crippen LogP contribution in [0.4, 0.5) is 5.69 Å². The Labute approximate surface area is 182 Å². The van der Waals surface area contributed by atoms with Crippen LogP contribution in [-0.2, 0) is 16.6 Å². The number of hydrazone groups is 1. The average molecular weight is 438 g/mol. The van der Waals surface area contributed by atoms with Crippen LogP contribution in [0.25, 0.3) is 0 Å². The number of rotatable bonds is 8. The first-order valence-corrected chi connectivity index (χ1v) is 11.3. The van der Waals surface area contributed by atoms with Gasteiger partial charge in [-0.2, -0.15) is 5.10 Å². The van der Waals surface area contributed by atoms with Crippen LogP contribution in [0.15, 0.2) is 84.0 Å². The van der Waals surface area contributed by atoms with Crippen LogP contribution >= 0.6 is 0 Å². The van der Waals surface area contributed by atoms with E-state index in [1.54, 1.807) is 61.7 Å². The minimum Gasteiger partial charge on any atom is -0.497 e. The average Bonchev–Trinajstić information content (AvgIpc) is 2.77. The molecule has 0 aliphatic rings.